The Balaban J connectivity index is 1.63. The van der Waals surface area contributed by atoms with E-state index in [2.05, 4.69) is 15.0 Å². The van der Waals surface area contributed by atoms with Crippen LogP contribution in [0.5, 0.6) is 0 Å². The summed E-state index contributed by atoms with van der Waals surface area (Å²) < 4.78 is 29.6. The van der Waals surface area contributed by atoms with Gasteiger partial charge in [-0.3, -0.25) is 0 Å². The van der Waals surface area contributed by atoms with Crippen LogP contribution in [-0.2, 0) is 16.4 Å². The van der Waals surface area contributed by atoms with Gasteiger partial charge in [-0.05, 0) is 54.8 Å². The number of amides is 2. The number of nitrogens with one attached hydrogen (secondary N) is 2. The first-order valence-corrected chi connectivity index (χ1v) is 12.4. The van der Waals surface area contributed by atoms with Crippen LogP contribution < -0.4 is 10.0 Å². The molecule has 0 radical (unpaired) electrons. The summed E-state index contributed by atoms with van der Waals surface area (Å²) in [6, 6.07) is 21.8. The third-order valence-electron chi connectivity index (χ3n) is 5.28. The zero-order valence-corrected chi connectivity index (χ0v) is 19.9. The van der Waals surface area contributed by atoms with Crippen molar-refractivity contribution in [3.05, 3.63) is 113 Å². The van der Waals surface area contributed by atoms with Crippen molar-refractivity contribution in [2.24, 2.45) is 0 Å². The standard InChI is InChI=1S/C25H23ClN4O3S/c1-18-7-5-6-10-23(18)34(32,33)29-25(31)28-22(17-19-8-3-2-4-9-19)24-27-15-16-30(24)21-13-11-20(26)12-14-21/h2-16,22H,17H2,1H3,(H2,28,29,31). The minimum absolute atomic E-state index is 0.0485. The zero-order chi connectivity index (χ0) is 24.1. The number of carbonyl (C=O) groups excluding carboxylic acids is 1. The van der Waals surface area contributed by atoms with Crippen LogP contribution in [0.3, 0.4) is 0 Å². The maximum atomic E-state index is 12.9. The van der Waals surface area contributed by atoms with Crippen molar-refractivity contribution in [2.75, 3.05) is 0 Å². The van der Waals surface area contributed by atoms with E-state index in [0.717, 1.165) is 11.3 Å². The number of urea groups is 1. The fraction of sp³-hybridized carbons (Fsp3) is 0.120. The monoisotopic (exact) mass is 494 g/mol. The molecule has 7 nitrogen and oxygen atoms in total. The number of aryl methyl sites for hydroxylation is 1. The molecule has 0 aliphatic carbocycles. The predicted molar refractivity (Wildman–Crippen MR) is 131 cm³/mol. The zero-order valence-electron chi connectivity index (χ0n) is 18.4. The number of carbonyl (C=O) groups is 1. The van der Waals surface area contributed by atoms with Crippen LogP contribution in [0.2, 0.25) is 5.02 Å². The molecule has 2 N–H and O–H groups in total. The second-order valence-electron chi connectivity index (χ2n) is 7.72. The number of imidazole rings is 1. The van der Waals surface area contributed by atoms with Crippen LogP contribution >= 0.6 is 11.6 Å². The Morgan fingerprint density at radius 3 is 2.38 bits per heavy atom. The van der Waals surface area contributed by atoms with Gasteiger partial charge in [0.2, 0.25) is 0 Å². The van der Waals surface area contributed by atoms with Crippen LogP contribution in [-0.4, -0.2) is 24.0 Å². The molecule has 0 bridgehead atoms. The first-order chi connectivity index (χ1) is 16.3. The van der Waals surface area contributed by atoms with Crippen LogP contribution in [0.4, 0.5) is 4.79 Å². The number of halogens is 1. The lowest BCUT2D eigenvalue weighted by molar-refractivity contribution is 0.241. The fourth-order valence-corrected chi connectivity index (χ4v) is 4.96. The van der Waals surface area contributed by atoms with E-state index in [1.54, 1.807) is 49.6 Å². The van der Waals surface area contributed by atoms with Gasteiger partial charge in [-0.1, -0.05) is 60.1 Å². The average Bonchev–Trinajstić information content (AvgIpc) is 3.29. The summed E-state index contributed by atoms with van der Waals surface area (Å²) in [5, 5.41) is 3.40. The molecule has 0 saturated heterocycles. The molecule has 1 aromatic heterocycles. The number of rotatable bonds is 7. The molecule has 0 saturated carbocycles. The molecule has 174 valence electrons. The molecule has 4 rings (SSSR count). The number of hydrogen-bond donors (Lipinski definition) is 2. The van der Waals surface area contributed by atoms with E-state index < -0.39 is 22.1 Å². The van der Waals surface area contributed by atoms with Gasteiger partial charge in [-0.15, -0.1) is 0 Å². The molecular weight excluding hydrogens is 472 g/mol. The number of benzene rings is 3. The molecule has 0 aliphatic rings. The number of nitrogens with zero attached hydrogens (tertiary/aromatic N) is 2. The molecule has 9 heteroatoms. The molecular formula is C25H23ClN4O3S. The van der Waals surface area contributed by atoms with Crippen molar-refractivity contribution in [1.82, 2.24) is 19.6 Å². The largest absolute Gasteiger partial charge is 0.329 e. The molecule has 0 fully saturated rings. The smallest absolute Gasteiger partial charge is 0.327 e. The Labute approximate surface area is 203 Å². The van der Waals surface area contributed by atoms with Crippen molar-refractivity contribution >= 4 is 27.7 Å². The number of hydrogen-bond acceptors (Lipinski definition) is 4. The van der Waals surface area contributed by atoms with E-state index in [4.69, 9.17) is 11.6 Å². The van der Waals surface area contributed by atoms with Crippen LogP contribution in [0.25, 0.3) is 5.69 Å². The van der Waals surface area contributed by atoms with Crippen molar-refractivity contribution < 1.29 is 13.2 Å². The van der Waals surface area contributed by atoms with Crippen LogP contribution in [0.15, 0.2) is 96.2 Å². The summed E-state index contributed by atoms with van der Waals surface area (Å²) >= 11 is 6.03. The quantitative estimate of drug-likeness (QED) is 0.385. The molecule has 0 spiro atoms. The highest BCUT2D eigenvalue weighted by molar-refractivity contribution is 7.90. The van der Waals surface area contributed by atoms with Gasteiger partial charge in [0.1, 0.15) is 5.82 Å². The van der Waals surface area contributed by atoms with Gasteiger partial charge in [0.25, 0.3) is 10.0 Å². The SMILES string of the molecule is Cc1ccccc1S(=O)(=O)NC(=O)NC(Cc1ccccc1)c1nccn1-c1ccc(Cl)cc1. The second kappa shape index (κ2) is 10.1. The van der Waals surface area contributed by atoms with Gasteiger partial charge in [0.15, 0.2) is 0 Å². The van der Waals surface area contributed by atoms with Crippen molar-refractivity contribution in [2.45, 2.75) is 24.3 Å². The summed E-state index contributed by atoms with van der Waals surface area (Å²) in [5.74, 6) is 0.551. The van der Waals surface area contributed by atoms with Gasteiger partial charge in [0.05, 0.1) is 10.9 Å². The lowest BCUT2D eigenvalue weighted by Gasteiger charge is -2.21. The van der Waals surface area contributed by atoms with Crippen LogP contribution in [0.1, 0.15) is 23.0 Å². The Morgan fingerprint density at radius 1 is 1.00 bits per heavy atom. The highest BCUT2D eigenvalue weighted by Gasteiger charge is 2.25. The van der Waals surface area contributed by atoms with Gasteiger partial charge in [-0.25, -0.2) is 22.9 Å². The number of sulfonamides is 1. The third kappa shape index (κ3) is 5.47. The van der Waals surface area contributed by atoms with Gasteiger partial charge < -0.3 is 9.88 Å². The average molecular weight is 495 g/mol. The normalized spacial score (nSPS) is 12.2. The fourth-order valence-electron chi connectivity index (χ4n) is 3.67. The minimum Gasteiger partial charge on any atom is -0.327 e. The number of aromatic nitrogens is 2. The Morgan fingerprint density at radius 2 is 1.68 bits per heavy atom. The van der Waals surface area contributed by atoms with Gasteiger partial charge in [-0.2, -0.15) is 0 Å². The van der Waals surface area contributed by atoms with Gasteiger partial charge in [0, 0.05) is 23.1 Å². The van der Waals surface area contributed by atoms with E-state index in [-0.39, 0.29) is 4.90 Å². The maximum Gasteiger partial charge on any atom is 0.329 e. The topological polar surface area (TPSA) is 93.1 Å². The van der Waals surface area contributed by atoms with Crippen molar-refractivity contribution in [3.63, 3.8) is 0 Å². The Bertz CT molecular complexity index is 1390. The van der Waals surface area contributed by atoms with Crippen molar-refractivity contribution in [3.8, 4) is 5.69 Å². The van der Waals surface area contributed by atoms with E-state index in [1.165, 1.54) is 6.07 Å². The molecule has 1 heterocycles. The predicted octanol–water partition coefficient (Wildman–Crippen LogP) is 4.81. The summed E-state index contributed by atoms with van der Waals surface area (Å²) in [6.45, 7) is 1.67. The highest BCUT2D eigenvalue weighted by Crippen LogP contribution is 2.22. The summed E-state index contributed by atoms with van der Waals surface area (Å²) in [7, 11) is -4.05. The van der Waals surface area contributed by atoms with Crippen molar-refractivity contribution in [1.29, 1.82) is 0 Å². The van der Waals surface area contributed by atoms with E-state index in [9.17, 15) is 13.2 Å². The molecule has 1 atom stereocenters. The third-order valence-corrected chi connectivity index (χ3v) is 7.03. The first kappa shape index (κ1) is 23.5. The Hall–Kier alpha value is -3.62. The van der Waals surface area contributed by atoms with E-state index in [0.29, 0.717) is 22.8 Å². The summed E-state index contributed by atoms with van der Waals surface area (Å²) in [5.41, 5.74) is 2.31. The maximum absolute atomic E-state index is 12.9. The van der Waals surface area contributed by atoms with Gasteiger partial charge >= 0.3 is 6.03 Å². The second-order valence-corrected chi connectivity index (χ2v) is 9.81. The molecule has 3 aromatic carbocycles. The first-order valence-electron chi connectivity index (χ1n) is 10.6. The molecule has 2 amide bonds. The van der Waals surface area contributed by atoms with E-state index >= 15 is 0 Å². The summed E-state index contributed by atoms with van der Waals surface area (Å²) in [6.07, 6.45) is 3.81. The highest BCUT2D eigenvalue weighted by atomic mass is 35.5. The van der Waals surface area contributed by atoms with E-state index in [1.807, 2.05) is 47.0 Å². The summed E-state index contributed by atoms with van der Waals surface area (Å²) in [4.78, 5) is 17.4. The molecule has 1 unspecified atom stereocenters. The van der Waals surface area contributed by atoms with Crippen LogP contribution in [0, 0.1) is 6.92 Å². The molecule has 34 heavy (non-hydrogen) atoms. The lowest BCUT2D eigenvalue weighted by atomic mass is 10.1. The molecule has 4 aromatic rings. The lowest BCUT2D eigenvalue weighted by Crippen LogP contribution is -2.42. The molecule has 0 aliphatic heterocycles. The minimum atomic E-state index is -4.05. The Kier molecular flexibility index (Phi) is 7.00.